The zero-order valence-electron chi connectivity index (χ0n) is 11.0. The number of hydrogen-bond donors (Lipinski definition) is 1. The van der Waals surface area contributed by atoms with Gasteiger partial charge in [0, 0.05) is 24.9 Å². The lowest BCUT2D eigenvalue weighted by molar-refractivity contribution is -0.120. The molecule has 2 saturated heterocycles. The fraction of sp³-hybridized carbons (Fsp3) is 0.833. The lowest BCUT2D eigenvalue weighted by Crippen LogP contribution is -2.64. The molecular formula is C12H19FN2O3. The molecule has 2 amide bonds. The van der Waals surface area contributed by atoms with Gasteiger partial charge in [0.2, 0.25) is 5.91 Å². The Balaban J connectivity index is 1.93. The van der Waals surface area contributed by atoms with Crippen molar-refractivity contribution >= 4 is 12.0 Å². The molecule has 1 N–H and O–H groups in total. The Labute approximate surface area is 106 Å². The summed E-state index contributed by atoms with van der Waals surface area (Å²) in [6.45, 7) is 5.57. The molecule has 1 spiro atoms. The van der Waals surface area contributed by atoms with E-state index in [9.17, 15) is 14.0 Å². The summed E-state index contributed by atoms with van der Waals surface area (Å²) in [5, 5.41) is 2.61. The van der Waals surface area contributed by atoms with Crippen molar-refractivity contribution in [2.45, 2.75) is 38.8 Å². The second-order valence-electron chi connectivity index (χ2n) is 6.15. The third kappa shape index (κ3) is 2.28. The first-order valence-electron chi connectivity index (χ1n) is 6.09. The smallest absolute Gasteiger partial charge is 0.410 e. The lowest BCUT2D eigenvalue weighted by atomic mass is 9.74. The van der Waals surface area contributed by atoms with Crippen LogP contribution in [0.15, 0.2) is 0 Å². The van der Waals surface area contributed by atoms with Crippen LogP contribution in [-0.4, -0.2) is 48.3 Å². The van der Waals surface area contributed by atoms with Crippen LogP contribution in [0.3, 0.4) is 0 Å². The molecule has 2 aliphatic heterocycles. The quantitative estimate of drug-likeness (QED) is 0.765. The Morgan fingerprint density at radius 1 is 1.56 bits per heavy atom. The van der Waals surface area contributed by atoms with Crippen LogP contribution < -0.4 is 5.32 Å². The molecule has 0 saturated carbocycles. The molecule has 2 heterocycles. The van der Waals surface area contributed by atoms with Crippen molar-refractivity contribution in [2.75, 3.05) is 19.8 Å². The Kier molecular flexibility index (Phi) is 2.99. The second-order valence-corrected chi connectivity index (χ2v) is 6.15. The van der Waals surface area contributed by atoms with Crippen LogP contribution in [-0.2, 0) is 9.53 Å². The van der Waals surface area contributed by atoms with Gasteiger partial charge in [0.25, 0.3) is 0 Å². The zero-order valence-corrected chi connectivity index (χ0v) is 11.0. The average Bonchev–Trinajstić information content (AvgIpc) is 2.49. The van der Waals surface area contributed by atoms with Crippen LogP contribution in [0.1, 0.15) is 27.2 Å². The number of alkyl halides is 1. The lowest BCUT2D eigenvalue weighted by Gasteiger charge is -2.49. The van der Waals surface area contributed by atoms with Gasteiger partial charge in [-0.2, -0.15) is 0 Å². The maximum atomic E-state index is 12.8. The van der Waals surface area contributed by atoms with Crippen LogP contribution in [0.4, 0.5) is 9.18 Å². The molecule has 1 atom stereocenters. The van der Waals surface area contributed by atoms with Gasteiger partial charge in [-0.3, -0.25) is 4.79 Å². The fourth-order valence-corrected chi connectivity index (χ4v) is 2.55. The third-order valence-corrected chi connectivity index (χ3v) is 3.40. The molecule has 102 valence electrons. The van der Waals surface area contributed by atoms with Gasteiger partial charge in [0.15, 0.2) is 0 Å². The number of amides is 2. The summed E-state index contributed by atoms with van der Waals surface area (Å²) >= 11 is 0. The Morgan fingerprint density at radius 2 is 2.17 bits per heavy atom. The van der Waals surface area contributed by atoms with Gasteiger partial charge >= 0.3 is 6.09 Å². The molecule has 0 aliphatic carbocycles. The molecule has 6 heteroatoms. The summed E-state index contributed by atoms with van der Waals surface area (Å²) < 4.78 is 18.1. The SMILES string of the molecule is CC(C)(C)OC(=O)N1CC2(CC(=O)NC2CF)C1. The van der Waals surface area contributed by atoms with Gasteiger partial charge in [-0.25, -0.2) is 9.18 Å². The number of halogens is 1. The van der Waals surface area contributed by atoms with Crippen molar-refractivity contribution in [1.82, 2.24) is 10.2 Å². The van der Waals surface area contributed by atoms with Crippen LogP contribution in [0.2, 0.25) is 0 Å². The minimum absolute atomic E-state index is 0.138. The highest BCUT2D eigenvalue weighted by atomic mass is 19.1. The molecule has 2 fully saturated rings. The molecule has 0 bridgehead atoms. The van der Waals surface area contributed by atoms with E-state index in [-0.39, 0.29) is 5.91 Å². The van der Waals surface area contributed by atoms with E-state index >= 15 is 0 Å². The Bertz CT molecular complexity index is 372. The largest absolute Gasteiger partial charge is 0.444 e. The topological polar surface area (TPSA) is 58.6 Å². The van der Waals surface area contributed by atoms with E-state index in [1.807, 2.05) is 0 Å². The molecule has 18 heavy (non-hydrogen) atoms. The number of ether oxygens (including phenoxy) is 1. The van der Waals surface area contributed by atoms with Gasteiger partial charge in [0.05, 0.1) is 6.04 Å². The highest BCUT2D eigenvalue weighted by molar-refractivity contribution is 5.81. The van der Waals surface area contributed by atoms with Crippen molar-refractivity contribution in [2.24, 2.45) is 5.41 Å². The van der Waals surface area contributed by atoms with Crippen LogP contribution >= 0.6 is 0 Å². The molecule has 2 aliphatic rings. The number of carbonyl (C=O) groups is 2. The number of carbonyl (C=O) groups excluding carboxylic acids is 2. The standard InChI is InChI=1S/C12H19FN2O3/c1-11(2,3)18-10(17)15-6-12(7-15)4-9(16)14-8(12)5-13/h8H,4-7H2,1-3H3,(H,14,16). The van der Waals surface area contributed by atoms with Crippen molar-refractivity contribution < 1.29 is 18.7 Å². The summed E-state index contributed by atoms with van der Waals surface area (Å²) in [7, 11) is 0. The Hall–Kier alpha value is -1.33. The minimum Gasteiger partial charge on any atom is -0.444 e. The number of likely N-dealkylation sites (tertiary alicyclic amines) is 1. The van der Waals surface area contributed by atoms with E-state index in [1.165, 1.54) is 4.90 Å². The van der Waals surface area contributed by atoms with E-state index in [1.54, 1.807) is 20.8 Å². The summed E-state index contributed by atoms with van der Waals surface area (Å²) in [4.78, 5) is 24.6. The average molecular weight is 258 g/mol. The molecule has 0 aromatic carbocycles. The van der Waals surface area contributed by atoms with Gasteiger partial charge in [-0.1, -0.05) is 0 Å². The monoisotopic (exact) mass is 258 g/mol. The van der Waals surface area contributed by atoms with Gasteiger partial charge in [-0.15, -0.1) is 0 Å². The molecular weight excluding hydrogens is 239 g/mol. The zero-order chi connectivity index (χ0) is 13.6. The molecule has 0 aromatic rings. The summed E-state index contributed by atoms with van der Waals surface area (Å²) in [5.41, 5.74) is -0.966. The van der Waals surface area contributed by atoms with Crippen molar-refractivity contribution in [3.05, 3.63) is 0 Å². The minimum atomic E-state index is -0.589. The van der Waals surface area contributed by atoms with E-state index in [0.717, 1.165) is 0 Å². The maximum absolute atomic E-state index is 12.8. The van der Waals surface area contributed by atoms with Crippen molar-refractivity contribution in [3.8, 4) is 0 Å². The van der Waals surface area contributed by atoms with Gasteiger partial charge < -0.3 is 15.0 Å². The van der Waals surface area contributed by atoms with Gasteiger partial charge in [-0.05, 0) is 20.8 Å². The molecule has 1 unspecified atom stereocenters. The Morgan fingerprint density at radius 3 is 2.67 bits per heavy atom. The normalized spacial score (nSPS) is 25.9. The summed E-state index contributed by atoms with van der Waals surface area (Å²) in [5.74, 6) is -0.138. The van der Waals surface area contributed by atoms with Crippen molar-refractivity contribution in [3.63, 3.8) is 0 Å². The van der Waals surface area contributed by atoms with Crippen LogP contribution in [0.5, 0.6) is 0 Å². The summed E-state index contributed by atoms with van der Waals surface area (Å²) in [6, 6.07) is -0.469. The predicted molar refractivity (Wildman–Crippen MR) is 62.8 cm³/mol. The number of nitrogens with zero attached hydrogens (tertiary/aromatic N) is 1. The number of rotatable bonds is 1. The molecule has 2 rings (SSSR count). The highest BCUT2D eigenvalue weighted by Crippen LogP contribution is 2.41. The van der Waals surface area contributed by atoms with E-state index in [2.05, 4.69) is 5.32 Å². The highest BCUT2D eigenvalue weighted by Gasteiger charge is 2.56. The summed E-state index contributed by atoms with van der Waals surface area (Å²) in [6.07, 6.45) is -0.106. The fourth-order valence-electron chi connectivity index (χ4n) is 2.55. The number of nitrogens with one attached hydrogen (secondary N) is 1. The molecule has 0 radical (unpaired) electrons. The van der Waals surface area contributed by atoms with Crippen molar-refractivity contribution in [1.29, 1.82) is 0 Å². The second kappa shape index (κ2) is 4.10. The number of hydrogen-bond acceptors (Lipinski definition) is 3. The first-order chi connectivity index (χ1) is 8.26. The van der Waals surface area contributed by atoms with Crippen LogP contribution in [0.25, 0.3) is 0 Å². The van der Waals surface area contributed by atoms with Crippen LogP contribution in [0, 0.1) is 5.41 Å². The predicted octanol–water partition coefficient (Wildman–Crippen LogP) is 1.08. The molecule has 0 aromatic heterocycles. The third-order valence-electron chi connectivity index (χ3n) is 3.40. The van der Waals surface area contributed by atoms with E-state index in [0.29, 0.717) is 19.5 Å². The van der Waals surface area contributed by atoms with E-state index < -0.39 is 29.8 Å². The maximum Gasteiger partial charge on any atom is 0.410 e. The first kappa shape index (κ1) is 13.1. The molecule has 5 nitrogen and oxygen atoms in total. The van der Waals surface area contributed by atoms with Gasteiger partial charge in [0.1, 0.15) is 12.3 Å². The first-order valence-corrected chi connectivity index (χ1v) is 6.09. The van der Waals surface area contributed by atoms with E-state index in [4.69, 9.17) is 4.74 Å².